The average Bonchev–Trinajstić information content (AvgIpc) is 2.48. The Hall–Kier alpha value is -1.44. The van der Waals surface area contributed by atoms with Gasteiger partial charge in [-0.05, 0) is 24.3 Å². The van der Waals surface area contributed by atoms with Gasteiger partial charge in [-0.15, -0.1) is 0 Å². The number of hydrogen-bond acceptors (Lipinski definition) is 5. The third kappa shape index (κ3) is 4.52. The number of sulfone groups is 1. The molecule has 2 rings (SSSR count). The predicted molar refractivity (Wildman–Crippen MR) is 80.0 cm³/mol. The molecule has 1 atom stereocenters. The van der Waals surface area contributed by atoms with Crippen molar-refractivity contribution in [3.63, 3.8) is 0 Å². The van der Waals surface area contributed by atoms with Crippen molar-refractivity contribution in [3.8, 4) is 0 Å². The molecule has 1 heterocycles. The fourth-order valence-electron chi connectivity index (χ4n) is 2.08. The van der Waals surface area contributed by atoms with E-state index in [2.05, 4.69) is 10.6 Å². The normalized spacial score (nSPS) is 19.2. The second-order valence-electron chi connectivity index (χ2n) is 4.88. The summed E-state index contributed by atoms with van der Waals surface area (Å²) in [6.45, 7) is 3.69. The maximum absolute atomic E-state index is 11.9. The lowest BCUT2D eigenvalue weighted by molar-refractivity contribution is -0.119. The van der Waals surface area contributed by atoms with Crippen LogP contribution < -0.4 is 10.6 Å². The highest BCUT2D eigenvalue weighted by Crippen LogP contribution is 2.16. The second kappa shape index (κ2) is 7.02. The van der Waals surface area contributed by atoms with Crippen LogP contribution in [0.2, 0.25) is 0 Å². The van der Waals surface area contributed by atoms with Gasteiger partial charge in [-0.25, -0.2) is 8.42 Å². The number of carbonyl (C=O) groups is 1. The largest absolute Gasteiger partial charge is 0.375 e. The van der Waals surface area contributed by atoms with Gasteiger partial charge in [0.15, 0.2) is 9.84 Å². The molecule has 1 saturated heterocycles. The lowest BCUT2D eigenvalue weighted by Gasteiger charge is -2.23. The minimum Gasteiger partial charge on any atom is -0.375 e. The highest BCUT2D eigenvalue weighted by atomic mass is 32.2. The molecular weight excluding hydrogens is 292 g/mol. The number of anilines is 1. The number of benzene rings is 1. The Labute approximate surface area is 124 Å². The van der Waals surface area contributed by atoms with Gasteiger partial charge in [0, 0.05) is 18.8 Å². The predicted octanol–water partition coefficient (Wildman–Crippen LogP) is 0.797. The first-order valence-electron chi connectivity index (χ1n) is 6.96. The maximum atomic E-state index is 11.9. The number of morpholine rings is 1. The Bertz CT molecular complexity index is 577. The van der Waals surface area contributed by atoms with Gasteiger partial charge in [0.05, 0.1) is 29.8 Å². The van der Waals surface area contributed by atoms with Crippen LogP contribution in [0.1, 0.15) is 13.3 Å². The Morgan fingerprint density at radius 2 is 2.10 bits per heavy atom. The highest BCUT2D eigenvalue weighted by Gasteiger charge is 2.17. The molecule has 0 aromatic heterocycles. The third-order valence-corrected chi connectivity index (χ3v) is 5.05. The van der Waals surface area contributed by atoms with Crippen LogP contribution in [0.15, 0.2) is 29.2 Å². The van der Waals surface area contributed by atoms with Crippen LogP contribution in [0.4, 0.5) is 5.69 Å². The summed E-state index contributed by atoms with van der Waals surface area (Å²) in [5.41, 5.74) is 0.582. The number of carbonyl (C=O) groups excluding carboxylic acids is 1. The van der Waals surface area contributed by atoms with Crippen molar-refractivity contribution >= 4 is 21.4 Å². The molecule has 7 heteroatoms. The van der Waals surface area contributed by atoms with Crippen LogP contribution in [-0.2, 0) is 19.4 Å². The van der Waals surface area contributed by atoms with E-state index in [1.54, 1.807) is 19.1 Å². The van der Waals surface area contributed by atoms with Crippen molar-refractivity contribution in [1.29, 1.82) is 0 Å². The fourth-order valence-corrected chi connectivity index (χ4v) is 2.97. The van der Waals surface area contributed by atoms with Gasteiger partial charge in [-0.3, -0.25) is 4.79 Å². The second-order valence-corrected chi connectivity index (χ2v) is 7.16. The average molecular weight is 312 g/mol. The molecule has 1 amide bonds. The molecule has 1 unspecified atom stereocenters. The van der Waals surface area contributed by atoms with Gasteiger partial charge in [0.25, 0.3) is 0 Å². The lowest BCUT2D eigenvalue weighted by atomic mass is 10.2. The molecule has 2 N–H and O–H groups in total. The number of nitrogens with one attached hydrogen (secondary N) is 2. The summed E-state index contributed by atoms with van der Waals surface area (Å²) in [4.78, 5) is 12.1. The Kier molecular flexibility index (Phi) is 5.33. The van der Waals surface area contributed by atoms with Gasteiger partial charge in [0.1, 0.15) is 0 Å². The molecule has 1 aromatic rings. The standard InChI is InChI=1S/C14H20N2O4S/c1-2-21(18,19)13-5-3-11(4-6-13)16-14(17)9-12-10-15-7-8-20-12/h3-6,12,15H,2,7-10H2,1H3,(H,16,17). The van der Waals surface area contributed by atoms with E-state index in [9.17, 15) is 13.2 Å². The topological polar surface area (TPSA) is 84.5 Å². The smallest absolute Gasteiger partial charge is 0.227 e. The number of ether oxygens (including phenoxy) is 1. The monoisotopic (exact) mass is 312 g/mol. The van der Waals surface area contributed by atoms with Crippen molar-refractivity contribution in [3.05, 3.63) is 24.3 Å². The first-order valence-corrected chi connectivity index (χ1v) is 8.61. The Morgan fingerprint density at radius 1 is 1.38 bits per heavy atom. The van der Waals surface area contributed by atoms with E-state index in [-0.39, 0.29) is 29.1 Å². The van der Waals surface area contributed by atoms with Crippen molar-refractivity contribution in [1.82, 2.24) is 5.32 Å². The molecule has 116 valence electrons. The molecule has 1 aliphatic heterocycles. The van der Waals surface area contributed by atoms with E-state index in [0.29, 0.717) is 18.8 Å². The van der Waals surface area contributed by atoms with E-state index < -0.39 is 9.84 Å². The van der Waals surface area contributed by atoms with Crippen LogP contribution in [0.25, 0.3) is 0 Å². The zero-order valence-corrected chi connectivity index (χ0v) is 12.8. The van der Waals surface area contributed by atoms with Gasteiger partial charge in [0.2, 0.25) is 5.91 Å². The zero-order chi connectivity index (χ0) is 15.3. The number of rotatable bonds is 5. The molecule has 1 aromatic carbocycles. The van der Waals surface area contributed by atoms with Gasteiger partial charge >= 0.3 is 0 Å². The van der Waals surface area contributed by atoms with Crippen LogP contribution in [-0.4, -0.2) is 45.9 Å². The summed E-state index contributed by atoms with van der Waals surface area (Å²) in [6.07, 6.45) is 0.167. The van der Waals surface area contributed by atoms with Crippen LogP contribution in [0.5, 0.6) is 0 Å². The molecule has 0 spiro atoms. The molecule has 6 nitrogen and oxygen atoms in total. The summed E-state index contributed by atoms with van der Waals surface area (Å²) in [5, 5.41) is 5.91. The van der Waals surface area contributed by atoms with Crippen molar-refractivity contribution in [2.75, 3.05) is 30.8 Å². The molecule has 21 heavy (non-hydrogen) atoms. The Balaban J connectivity index is 1.92. The molecule has 0 aliphatic carbocycles. The summed E-state index contributed by atoms with van der Waals surface area (Å²) in [5.74, 6) is -0.0835. The third-order valence-electron chi connectivity index (χ3n) is 3.29. The van der Waals surface area contributed by atoms with Crippen LogP contribution in [0, 0.1) is 0 Å². The van der Waals surface area contributed by atoms with Crippen molar-refractivity contribution < 1.29 is 17.9 Å². The summed E-state index contributed by atoms with van der Waals surface area (Å²) < 4.78 is 28.8. The first kappa shape index (κ1) is 15.9. The van der Waals surface area contributed by atoms with E-state index >= 15 is 0 Å². The van der Waals surface area contributed by atoms with Gasteiger partial charge in [-0.1, -0.05) is 6.92 Å². The molecule has 1 fully saturated rings. The minimum absolute atomic E-state index is 0.0602. The number of hydrogen-bond donors (Lipinski definition) is 2. The van der Waals surface area contributed by atoms with E-state index in [1.807, 2.05) is 0 Å². The van der Waals surface area contributed by atoms with E-state index in [0.717, 1.165) is 6.54 Å². The van der Waals surface area contributed by atoms with Crippen LogP contribution in [0.3, 0.4) is 0 Å². The van der Waals surface area contributed by atoms with Gasteiger partial charge < -0.3 is 15.4 Å². The molecule has 0 saturated carbocycles. The fraction of sp³-hybridized carbons (Fsp3) is 0.500. The van der Waals surface area contributed by atoms with E-state index in [1.165, 1.54) is 12.1 Å². The van der Waals surface area contributed by atoms with Crippen molar-refractivity contribution in [2.45, 2.75) is 24.3 Å². The molecule has 0 bridgehead atoms. The van der Waals surface area contributed by atoms with Crippen molar-refractivity contribution in [2.24, 2.45) is 0 Å². The van der Waals surface area contributed by atoms with Gasteiger partial charge in [-0.2, -0.15) is 0 Å². The summed E-state index contributed by atoms with van der Waals surface area (Å²) in [6, 6.07) is 6.21. The summed E-state index contributed by atoms with van der Waals surface area (Å²) >= 11 is 0. The lowest BCUT2D eigenvalue weighted by Crippen LogP contribution is -2.40. The first-order chi connectivity index (χ1) is 10.0. The SMILES string of the molecule is CCS(=O)(=O)c1ccc(NC(=O)CC2CNCCO2)cc1. The molecule has 1 aliphatic rings. The minimum atomic E-state index is -3.21. The van der Waals surface area contributed by atoms with Crippen LogP contribution >= 0.6 is 0 Å². The maximum Gasteiger partial charge on any atom is 0.227 e. The Morgan fingerprint density at radius 3 is 2.67 bits per heavy atom. The quantitative estimate of drug-likeness (QED) is 0.840. The highest BCUT2D eigenvalue weighted by molar-refractivity contribution is 7.91. The summed E-state index contributed by atoms with van der Waals surface area (Å²) in [7, 11) is -3.21. The zero-order valence-electron chi connectivity index (χ0n) is 12.0. The molecular formula is C14H20N2O4S. The molecule has 0 radical (unpaired) electrons. The number of amides is 1. The van der Waals surface area contributed by atoms with E-state index in [4.69, 9.17) is 4.74 Å².